The van der Waals surface area contributed by atoms with Crippen LogP contribution >= 0.6 is 11.3 Å². The number of hydrogen-bond acceptors (Lipinski definition) is 5. The number of amides is 1. The fourth-order valence-corrected chi connectivity index (χ4v) is 3.32. The lowest BCUT2D eigenvalue weighted by atomic mass is 10.2. The molecule has 0 atom stereocenters. The number of aromatic nitrogens is 1. The van der Waals surface area contributed by atoms with Crippen molar-refractivity contribution in [1.82, 2.24) is 9.88 Å². The first-order chi connectivity index (χ1) is 10.3. The van der Waals surface area contributed by atoms with E-state index in [9.17, 15) is 9.90 Å². The van der Waals surface area contributed by atoms with E-state index < -0.39 is 5.60 Å². The van der Waals surface area contributed by atoms with Gasteiger partial charge in [0.1, 0.15) is 16.4 Å². The summed E-state index contributed by atoms with van der Waals surface area (Å²) in [6.45, 7) is 6.60. The molecule has 6 heteroatoms. The Balaban J connectivity index is 1.73. The number of rotatable bonds is 1. The number of nitrogens with zero attached hydrogens (tertiary/aromatic N) is 2. The summed E-state index contributed by atoms with van der Waals surface area (Å²) in [5, 5.41) is 10.2. The molecule has 0 saturated heterocycles. The predicted octanol–water partition coefficient (Wildman–Crippen LogP) is 3.77. The lowest BCUT2D eigenvalue weighted by molar-refractivity contribution is 0.0241. The summed E-state index contributed by atoms with van der Waals surface area (Å²) >= 11 is 1.58. The Morgan fingerprint density at radius 1 is 1.27 bits per heavy atom. The summed E-state index contributed by atoms with van der Waals surface area (Å²) < 4.78 is 5.39. The molecule has 0 saturated carbocycles. The smallest absolute Gasteiger partial charge is 0.410 e. The first-order valence-corrected chi connectivity index (χ1v) is 7.89. The lowest BCUT2D eigenvalue weighted by Crippen LogP contribution is -2.33. The average molecular weight is 318 g/mol. The zero-order valence-electron chi connectivity index (χ0n) is 12.8. The van der Waals surface area contributed by atoms with Crippen LogP contribution in [0.5, 0.6) is 5.75 Å². The summed E-state index contributed by atoms with van der Waals surface area (Å²) in [6, 6.07) is 6.98. The van der Waals surface area contributed by atoms with Crippen molar-refractivity contribution in [2.75, 3.05) is 0 Å². The number of fused-ring (bicyclic) bond motifs is 1. The van der Waals surface area contributed by atoms with Gasteiger partial charge >= 0.3 is 6.09 Å². The quantitative estimate of drug-likeness (QED) is 0.869. The largest absolute Gasteiger partial charge is 0.508 e. The van der Waals surface area contributed by atoms with Crippen LogP contribution in [-0.2, 0) is 17.8 Å². The lowest BCUT2D eigenvalue weighted by Gasteiger charge is -2.24. The highest BCUT2D eigenvalue weighted by Gasteiger charge is 2.30. The van der Waals surface area contributed by atoms with Gasteiger partial charge in [0.15, 0.2) is 0 Å². The van der Waals surface area contributed by atoms with Gasteiger partial charge in [-0.25, -0.2) is 9.78 Å². The van der Waals surface area contributed by atoms with Crippen molar-refractivity contribution >= 4 is 17.4 Å². The van der Waals surface area contributed by atoms with Gasteiger partial charge in [0.2, 0.25) is 0 Å². The minimum absolute atomic E-state index is 0.240. The monoisotopic (exact) mass is 318 g/mol. The van der Waals surface area contributed by atoms with Gasteiger partial charge < -0.3 is 9.84 Å². The van der Waals surface area contributed by atoms with Crippen molar-refractivity contribution in [3.63, 3.8) is 0 Å². The molecule has 0 unspecified atom stereocenters. The van der Waals surface area contributed by atoms with Crippen LogP contribution in [0.15, 0.2) is 24.3 Å². The molecule has 1 aliphatic heterocycles. The van der Waals surface area contributed by atoms with E-state index in [4.69, 9.17) is 4.74 Å². The highest BCUT2D eigenvalue weighted by atomic mass is 32.1. The normalized spacial score (nSPS) is 14.0. The number of phenolic OH excluding ortho intramolecular Hbond substituents is 1. The van der Waals surface area contributed by atoms with Crippen molar-refractivity contribution < 1.29 is 14.6 Å². The molecule has 1 amide bonds. The van der Waals surface area contributed by atoms with Crippen LogP contribution < -0.4 is 0 Å². The topological polar surface area (TPSA) is 62.7 Å². The van der Waals surface area contributed by atoms with Crippen molar-refractivity contribution in [2.24, 2.45) is 0 Å². The molecule has 0 radical (unpaired) electrons. The zero-order valence-corrected chi connectivity index (χ0v) is 13.6. The number of carbonyl (C=O) groups excluding carboxylic acids is 1. The summed E-state index contributed by atoms with van der Waals surface area (Å²) in [6.07, 6.45) is -0.302. The average Bonchev–Trinajstić information content (AvgIpc) is 2.95. The Morgan fingerprint density at radius 3 is 2.55 bits per heavy atom. The molecule has 3 rings (SSSR count). The van der Waals surface area contributed by atoms with Crippen LogP contribution in [0.25, 0.3) is 10.6 Å². The second-order valence-electron chi connectivity index (χ2n) is 6.27. The molecule has 2 aromatic rings. The predicted molar refractivity (Wildman–Crippen MR) is 84.7 cm³/mol. The number of ether oxygens (including phenoxy) is 1. The zero-order chi connectivity index (χ0) is 15.9. The first kappa shape index (κ1) is 14.8. The summed E-state index contributed by atoms with van der Waals surface area (Å²) in [5.41, 5.74) is 1.41. The number of carbonyl (C=O) groups is 1. The fourth-order valence-electron chi connectivity index (χ4n) is 2.22. The Morgan fingerprint density at radius 2 is 1.95 bits per heavy atom. The van der Waals surface area contributed by atoms with E-state index in [1.165, 1.54) is 0 Å². The molecule has 1 aromatic heterocycles. The number of hydrogen-bond donors (Lipinski definition) is 1. The standard InChI is InChI=1S/C16H18N2O3S/c1-16(2,3)21-15(20)18-8-12-13(9-18)22-14(17-12)10-4-6-11(19)7-5-10/h4-7,19H,8-9H2,1-3H3. The van der Waals surface area contributed by atoms with Crippen LogP contribution in [0.2, 0.25) is 0 Å². The maximum Gasteiger partial charge on any atom is 0.410 e. The van der Waals surface area contributed by atoms with Gasteiger partial charge in [-0.2, -0.15) is 0 Å². The van der Waals surface area contributed by atoms with Crippen LogP contribution in [0, 0.1) is 0 Å². The molecule has 0 bridgehead atoms. The molecule has 5 nitrogen and oxygen atoms in total. The Hall–Kier alpha value is -2.08. The van der Waals surface area contributed by atoms with E-state index in [1.54, 1.807) is 28.4 Å². The molecule has 1 N–H and O–H groups in total. The maximum absolute atomic E-state index is 12.1. The van der Waals surface area contributed by atoms with Gasteiger partial charge in [-0.3, -0.25) is 4.90 Å². The van der Waals surface area contributed by atoms with Gasteiger partial charge in [0, 0.05) is 10.4 Å². The highest BCUT2D eigenvalue weighted by Crippen LogP contribution is 2.34. The molecule has 2 heterocycles. The highest BCUT2D eigenvalue weighted by molar-refractivity contribution is 7.15. The molecule has 0 spiro atoms. The van der Waals surface area contributed by atoms with Crippen LogP contribution in [0.1, 0.15) is 31.3 Å². The van der Waals surface area contributed by atoms with E-state index in [0.29, 0.717) is 13.1 Å². The second kappa shape index (κ2) is 5.28. The number of phenols is 1. The fraction of sp³-hybridized carbons (Fsp3) is 0.375. The summed E-state index contributed by atoms with van der Waals surface area (Å²) in [7, 11) is 0. The van der Waals surface area contributed by atoms with E-state index in [-0.39, 0.29) is 11.8 Å². The Kier molecular flexibility index (Phi) is 3.56. The van der Waals surface area contributed by atoms with Gasteiger partial charge in [-0.05, 0) is 45.0 Å². The maximum atomic E-state index is 12.1. The van der Waals surface area contributed by atoms with Gasteiger partial charge in [0.25, 0.3) is 0 Å². The molecule has 116 valence electrons. The minimum atomic E-state index is -0.488. The molecular formula is C16H18N2O3S. The third-order valence-electron chi connectivity index (χ3n) is 3.22. The second-order valence-corrected chi connectivity index (χ2v) is 7.36. The van der Waals surface area contributed by atoms with Crippen LogP contribution in [-0.4, -0.2) is 26.7 Å². The van der Waals surface area contributed by atoms with Crippen molar-refractivity contribution in [1.29, 1.82) is 0 Å². The third kappa shape index (κ3) is 3.06. The van der Waals surface area contributed by atoms with E-state index in [1.807, 2.05) is 32.9 Å². The van der Waals surface area contributed by atoms with E-state index in [2.05, 4.69) is 4.98 Å². The molecule has 0 aliphatic carbocycles. The number of thiazole rings is 1. The number of benzene rings is 1. The Labute approximate surface area is 133 Å². The van der Waals surface area contributed by atoms with E-state index in [0.717, 1.165) is 21.1 Å². The SMILES string of the molecule is CC(C)(C)OC(=O)N1Cc2nc(-c3ccc(O)cc3)sc2C1. The van der Waals surface area contributed by atoms with Gasteiger partial charge in [0.05, 0.1) is 18.8 Å². The van der Waals surface area contributed by atoms with Crippen molar-refractivity contribution in [3.8, 4) is 16.3 Å². The first-order valence-electron chi connectivity index (χ1n) is 7.08. The molecular weight excluding hydrogens is 300 g/mol. The summed E-state index contributed by atoms with van der Waals surface area (Å²) in [5.74, 6) is 0.240. The van der Waals surface area contributed by atoms with Gasteiger partial charge in [-0.15, -0.1) is 11.3 Å². The van der Waals surface area contributed by atoms with Crippen LogP contribution in [0.3, 0.4) is 0 Å². The van der Waals surface area contributed by atoms with Crippen molar-refractivity contribution in [3.05, 3.63) is 34.8 Å². The van der Waals surface area contributed by atoms with Crippen molar-refractivity contribution in [2.45, 2.75) is 39.5 Å². The molecule has 22 heavy (non-hydrogen) atoms. The minimum Gasteiger partial charge on any atom is -0.508 e. The summed E-state index contributed by atoms with van der Waals surface area (Å²) in [4.78, 5) is 19.4. The number of aromatic hydroxyl groups is 1. The Bertz CT molecular complexity index is 678. The van der Waals surface area contributed by atoms with E-state index >= 15 is 0 Å². The molecule has 0 fully saturated rings. The van der Waals surface area contributed by atoms with Crippen LogP contribution in [0.4, 0.5) is 4.79 Å². The molecule has 1 aliphatic rings. The molecule has 1 aromatic carbocycles. The third-order valence-corrected chi connectivity index (χ3v) is 4.35. The van der Waals surface area contributed by atoms with Gasteiger partial charge in [-0.1, -0.05) is 0 Å².